The molecule has 0 saturated carbocycles. The first-order valence-corrected chi connectivity index (χ1v) is 9.12. The summed E-state index contributed by atoms with van der Waals surface area (Å²) in [7, 11) is 0. The topological polar surface area (TPSA) is 88.0 Å². The second-order valence-corrected chi connectivity index (χ2v) is 6.95. The van der Waals surface area contributed by atoms with Crippen LogP contribution in [0, 0.1) is 0 Å². The quantitative estimate of drug-likeness (QED) is 0.426. The fourth-order valence-corrected chi connectivity index (χ4v) is 3.40. The lowest BCUT2D eigenvalue weighted by Crippen LogP contribution is -1.94. The second kappa shape index (κ2) is 7.13. The monoisotopic (exact) mass is 377 g/mol. The van der Waals surface area contributed by atoms with Crippen LogP contribution in [0.2, 0.25) is 0 Å². The molecule has 0 amide bonds. The van der Waals surface area contributed by atoms with Crippen molar-refractivity contribution in [2.24, 2.45) is 10.2 Å². The van der Waals surface area contributed by atoms with Gasteiger partial charge >= 0.3 is 5.97 Å². The number of azo groups is 1. The van der Waals surface area contributed by atoms with E-state index >= 15 is 0 Å². The zero-order valence-electron chi connectivity index (χ0n) is 14.4. The molecule has 4 rings (SSSR count). The maximum atomic E-state index is 10.9. The van der Waals surface area contributed by atoms with E-state index in [4.69, 9.17) is 9.52 Å². The Bertz CT molecular complexity index is 1100. The lowest BCUT2D eigenvalue weighted by molar-refractivity contribution is 0.0697. The summed E-state index contributed by atoms with van der Waals surface area (Å²) in [4.78, 5) is 15.4. The normalized spacial score (nSPS) is 12.6. The summed E-state index contributed by atoms with van der Waals surface area (Å²) < 4.78 is 6.93. The summed E-state index contributed by atoms with van der Waals surface area (Å²) in [6.45, 7) is 1.90. The molecule has 27 heavy (non-hydrogen) atoms. The van der Waals surface area contributed by atoms with Gasteiger partial charge in [0.25, 0.3) is 0 Å². The number of para-hydroxylation sites is 1. The Morgan fingerprint density at radius 3 is 2.63 bits per heavy atom. The van der Waals surface area contributed by atoms with E-state index in [0.29, 0.717) is 16.7 Å². The average Bonchev–Trinajstić information content (AvgIpc) is 3.33. The van der Waals surface area contributed by atoms with Crippen LogP contribution in [-0.4, -0.2) is 16.1 Å². The number of thiazole rings is 1. The zero-order chi connectivity index (χ0) is 18.8. The number of aromatic nitrogens is 1. The molecular formula is C20H15N3O3S. The number of nitrogens with zero attached hydrogens (tertiary/aromatic N) is 3. The molecule has 1 atom stereocenters. The van der Waals surface area contributed by atoms with E-state index in [-0.39, 0.29) is 11.6 Å². The van der Waals surface area contributed by atoms with Crippen LogP contribution in [0.15, 0.2) is 75.3 Å². The zero-order valence-corrected chi connectivity index (χ0v) is 15.2. The lowest BCUT2D eigenvalue weighted by atomic mass is 10.1. The Kier molecular flexibility index (Phi) is 4.52. The number of rotatable bonds is 5. The number of hydrogen-bond donors (Lipinski definition) is 1. The van der Waals surface area contributed by atoms with Crippen molar-refractivity contribution in [3.05, 3.63) is 72.0 Å². The molecule has 1 N–H and O–H groups in total. The third-order valence-electron chi connectivity index (χ3n) is 4.05. The van der Waals surface area contributed by atoms with Gasteiger partial charge in [-0.05, 0) is 43.3 Å². The van der Waals surface area contributed by atoms with Crippen molar-refractivity contribution >= 4 is 32.7 Å². The fraction of sp³-hybridized carbons (Fsp3) is 0.100. The minimum absolute atomic E-state index is 0.239. The number of aromatic carboxylic acids is 1. The highest BCUT2D eigenvalue weighted by molar-refractivity contribution is 7.21. The number of furan rings is 1. The number of carboxylic acids is 1. The molecule has 4 aromatic rings. The molecule has 1 unspecified atom stereocenters. The molecule has 134 valence electrons. The summed E-state index contributed by atoms with van der Waals surface area (Å²) in [5, 5.41) is 18.1. The summed E-state index contributed by atoms with van der Waals surface area (Å²) in [5.74, 6) is 0.381. The second-order valence-electron chi connectivity index (χ2n) is 5.94. The largest absolute Gasteiger partial charge is 0.478 e. The maximum absolute atomic E-state index is 10.9. The third kappa shape index (κ3) is 3.63. The van der Waals surface area contributed by atoms with Gasteiger partial charge in [-0.1, -0.05) is 35.6 Å². The molecule has 0 saturated heterocycles. The van der Waals surface area contributed by atoms with E-state index in [1.807, 2.05) is 43.3 Å². The smallest absolute Gasteiger partial charge is 0.335 e. The SMILES string of the molecule is CC(N=Nc1nc2ccccc2s1)c1ccc(-c2ccc(C(=O)O)cc2)o1. The highest BCUT2D eigenvalue weighted by atomic mass is 32.1. The van der Waals surface area contributed by atoms with E-state index in [2.05, 4.69) is 15.2 Å². The Balaban J connectivity index is 1.51. The molecule has 0 spiro atoms. The van der Waals surface area contributed by atoms with Crippen LogP contribution in [-0.2, 0) is 0 Å². The van der Waals surface area contributed by atoms with Gasteiger partial charge < -0.3 is 9.52 Å². The molecule has 0 aliphatic heterocycles. The van der Waals surface area contributed by atoms with Crippen molar-refractivity contribution in [1.29, 1.82) is 0 Å². The summed E-state index contributed by atoms with van der Waals surface area (Å²) in [5.41, 5.74) is 1.96. The van der Waals surface area contributed by atoms with E-state index in [1.54, 1.807) is 24.3 Å². The molecule has 0 aliphatic rings. The first kappa shape index (κ1) is 17.1. The molecule has 7 heteroatoms. The molecule has 2 aromatic carbocycles. The van der Waals surface area contributed by atoms with Crippen LogP contribution in [0.3, 0.4) is 0 Å². The minimum atomic E-state index is -0.953. The Labute approximate surface area is 158 Å². The average molecular weight is 377 g/mol. The first-order chi connectivity index (χ1) is 13.1. The van der Waals surface area contributed by atoms with Gasteiger partial charge in [0, 0.05) is 5.56 Å². The number of hydrogen-bond acceptors (Lipinski definition) is 6. The molecule has 0 aliphatic carbocycles. The van der Waals surface area contributed by atoms with Gasteiger partial charge in [-0.3, -0.25) is 0 Å². The predicted octanol–water partition coefficient (Wildman–Crippen LogP) is 6.10. The molecule has 2 aromatic heterocycles. The van der Waals surface area contributed by atoms with Crippen LogP contribution in [0.4, 0.5) is 5.13 Å². The standard InChI is InChI=1S/C20H15N3O3S/c1-12(22-23-20-21-15-4-2-3-5-18(15)27-20)16-10-11-17(26-16)13-6-8-14(9-7-13)19(24)25/h2-12H,1H3,(H,24,25). The Morgan fingerprint density at radius 1 is 1.11 bits per heavy atom. The van der Waals surface area contributed by atoms with Crippen molar-refractivity contribution in [3.63, 3.8) is 0 Å². The van der Waals surface area contributed by atoms with Gasteiger partial charge in [0.05, 0.1) is 15.8 Å². The first-order valence-electron chi connectivity index (χ1n) is 8.30. The van der Waals surface area contributed by atoms with Gasteiger partial charge in [0.2, 0.25) is 5.13 Å². The fourth-order valence-electron chi connectivity index (χ4n) is 2.61. The molecule has 0 bridgehead atoms. The number of benzene rings is 2. The molecule has 2 heterocycles. The number of carbonyl (C=O) groups is 1. The molecule has 0 fully saturated rings. The Morgan fingerprint density at radius 2 is 1.89 bits per heavy atom. The van der Waals surface area contributed by atoms with Crippen molar-refractivity contribution in [1.82, 2.24) is 4.98 Å². The number of fused-ring (bicyclic) bond motifs is 1. The van der Waals surface area contributed by atoms with Gasteiger partial charge in [-0.25, -0.2) is 9.78 Å². The van der Waals surface area contributed by atoms with Crippen molar-refractivity contribution in [2.75, 3.05) is 0 Å². The van der Waals surface area contributed by atoms with Crippen molar-refractivity contribution in [2.45, 2.75) is 13.0 Å². The van der Waals surface area contributed by atoms with E-state index in [1.165, 1.54) is 11.3 Å². The van der Waals surface area contributed by atoms with Gasteiger partial charge in [0.1, 0.15) is 17.6 Å². The number of carboxylic acid groups (broad SMARTS) is 1. The van der Waals surface area contributed by atoms with E-state index < -0.39 is 5.97 Å². The maximum Gasteiger partial charge on any atom is 0.335 e. The molecule has 0 radical (unpaired) electrons. The highest BCUT2D eigenvalue weighted by Gasteiger charge is 2.12. The van der Waals surface area contributed by atoms with Crippen LogP contribution < -0.4 is 0 Å². The van der Waals surface area contributed by atoms with Crippen molar-refractivity contribution in [3.8, 4) is 11.3 Å². The predicted molar refractivity (Wildman–Crippen MR) is 104 cm³/mol. The van der Waals surface area contributed by atoms with Gasteiger partial charge in [-0.2, -0.15) is 5.11 Å². The van der Waals surface area contributed by atoms with Crippen LogP contribution in [0.25, 0.3) is 21.5 Å². The van der Waals surface area contributed by atoms with Gasteiger partial charge in [0.15, 0.2) is 0 Å². The summed E-state index contributed by atoms with van der Waals surface area (Å²) in [6, 6.07) is 17.8. The van der Waals surface area contributed by atoms with Crippen LogP contribution in [0.5, 0.6) is 0 Å². The van der Waals surface area contributed by atoms with Crippen LogP contribution >= 0.6 is 11.3 Å². The highest BCUT2D eigenvalue weighted by Crippen LogP contribution is 2.31. The minimum Gasteiger partial charge on any atom is -0.478 e. The van der Waals surface area contributed by atoms with E-state index in [9.17, 15) is 4.79 Å². The molecular weight excluding hydrogens is 362 g/mol. The van der Waals surface area contributed by atoms with Crippen LogP contribution in [0.1, 0.15) is 29.1 Å². The van der Waals surface area contributed by atoms with E-state index in [0.717, 1.165) is 15.8 Å². The summed E-state index contributed by atoms with van der Waals surface area (Å²) >= 11 is 1.49. The lowest BCUT2D eigenvalue weighted by Gasteiger charge is -2.01. The van der Waals surface area contributed by atoms with Gasteiger partial charge in [-0.15, -0.1) is 5.11 Å². The Hall–Kier alpha value is -3.32. The third-order valence-corrected chi connectivity index (χ3v) is 4.97. The van der Waals surface area contributed by atoms with Crippen molar-refractivity contribution < 1.29 is 14.3 Å². The molecule has 6 nitrogen and oxygen atoms in total. The summed E-state index contributed by atoms with van der Waals surface area (Å²) in [6.07, 6.45) is 0.